The topological polar surface area (TPSA) is 52.4 Å². The Morgan fingerprint density at radius 2 is 1.90 bits per heavy atom. The number of nitrogens with zero attached hydrogens (tertiary/aromatic N) is 1. The molecule has 21 heavy (non-hydrogen) atoms. The molecule has 0 aliphatic carbocycles. The second-order valence-corrected chi connectivity index (χ2v) is 5.90. The highest BCUT2D eigenvalue weighted by Crippen LogP contribution is 2.32. The maximum absolute atomic E-state index is 11.1. The van der Waals surface area contributed by atoms with Crippen LogP contribution in [-0.4, -0.2) is 16.9 Å². The SMILES string of the molecule is CC(CCBr)CCOc1ccc([N+](=O)[O-])c2ccccc12. The molecule has 0 amide bonds. The van der Waals surface area contributed by atoms with E-state index in [1.165, 1.54) is 6.07 Å². The van der Waals surface area contributed by atoms with E-state index in [0.29, 0.717) is 23.7 Å². The maximum atomic E-state index is 11.1. The fraction of sp³-hybridized carbons (Fsp3) is 0.375. The van der Waals surface area contributed by atoms with Gasteiger partial charge in [-0.25, -0.2) is 0 Å². The number of nitro groups is 1. The molecule has 0 bridgehead atoms. The first-order chi connectivity index (χ1) is 10.1. The van der Waals surface area contributed by atoms with Crippen molar-refractivity contribution in [3.8, 4) is 5.75 Å². The van der Waals surface area contributed by atoms with Crippen LogP contribution in [0.5, 0.6) is 5.75 Å². The average Bonchev–Trinajstić information content (AvgIpc) is 2.47. The summed E-state index contributed by atoms with van der Waals surface area (Å²) in [6, 6.07) is 10.5. The Kier molecular flexibility index (Phi) is 5.56. The number of rotatable bonds is 7. The van der Waals surface area contributed by atoms with Gasteiger partial charge in [0, 0.05) is 16.8 Å². The van der Waals surface area contributed by atoms with Gasteiger partial charge in [0.2, 0.25) is 0 Å². The van der Waals surface area contributed by atoms with Crippen LogP contribution in [0, 0.1) is 16.0 Å². The minimum absolute atomic E-state index is 0.116. The lowest BCUT2D eigenvalue weighted by molar-refractivity contribution is -0.383. The fourth-order valence-electron chi connectivity index (χ4n) is 2.24. The van der Waals surface area contributed by atoms with Crippen molar-refractivity contribution in [2.75, 3.05) is 11.9 Å². The molecule has 0 aliphatic heterocycles. The maximum Gasteiger partial charge on any atom is 0.277 e. The minimum atomic E-state index is -0.357. The molecule has 0 N–H and O–H groups in total. The zero-order valence-corrected chi connectivity index (χ0v) is 13.5. The summed E-state index contributed by atoms with van der Waals surface area (Å²) in [6.07, 6.45) is 2.08. The van der Waals surface area contributed by atoms with Crippen LogP contribution in [0.2, 0.25) is 0 Å². The number of hydrogen-bond acceptors (Lipinski definition) is 3. The predicted molar refractivity (Wildman–Crippen MR) is 88.3 cm³/mol. The first-order valence-electron chi connectivity index (χ1n) is 6.98. The summed E-state index contributed by atoms with van der Waals surface area (Å²) in [7, 11) is 0. The highest BCUT2D eigenvalue weighted by Gasteiger charge is 2.14. The van der Waals surface area contributed by atoms with Gasteiger partial charge in [-0.05, 0) is 30.9 Å². The summed E-state index contributed by atoms with van der Waals surface area (Å²) >= 11 is 3.44. The van der Waals surface area contributed by atoms with Gasteiger partial charge in [-0.3, -0.25) is 10.1 Å². The van der Waals surface area contributed by atoms with Crippen LogP contribution in [0.1, 0.15) is 19.8 Å². The van der Waals surface area contributed by atoms with Gasteiger partial charge < -0.3 is 4.74 Å². The lowest BCUT2D eigenvalue weighted by Gasteiger charge is -2.12. The molecule has 0 spiro atoms. The third-order valence-corrected chi connectivity index (χ3v) is 3.99. The summed E-state index contributed by atoms with van der Waals surface area (Å²) < 4.78 is 5.83. The summed E-state index contributed by atoms with van der Waals surface area (Å²) in [5.74, 6) is 1.30. The largest absolute Gasteiger partial charge is 0.493 e. The molecule has 0 saturated heterocycles. The molecule has 5 heteroatoms. The van der Waals surface area contributed by atoms with Gasteiger partial charge in [0.25, 0.3) is 5.69 Å². The van der Waals surface area contributed by atoms with Crippen LogP contribution in [0.4, 0.5) is 5.69 Å². The van der Waals surface area contributed by atoms with Crippen molar-refractivity contribution < 1.29 is 9.66 Å². The Morgan fingerprint density at radius 1 is 1.19 bits per heavy atom. The molecule has 0 radical (unpaired) electrons. The van der Waals surface area contributed by atoms with Crippen LogP contribution in [-0.2, 0) is 0 Å². The van der Waals surface area contributed by atoms with Crippen LogP contribution < -0.4 is 4.74 Å². The number of halogens is 1. The van der Waals surface area contributed by atoms with Crippen molar-refractivity contribution in [1.29, 1.82) is 0 Å². The molecule has 0 heterocycles. The molecule has 1 unspecified atom stereocenters. The number of non-ortho nitro benzene ring substituents is 1. The smallest absolute Gasteiger partial charge is 0.277 e. The number of fused-ring (bicyclic) bond motifs is 1. The van der Waals surface area contributed by atoms with Crippen molar-refractivity contribution >= 4 is 32.4 Å². The zero-order chi connectivity index (χ0) is 15.2. The zero-order valence-electron chi connectivity index (χ0n) is 11.9. The van der Waals surface area contributed by atoms with Crippen molar-refractivity contribution in [3.63, 3.8) is 0 Å². The molecule has 112 valence electrons. The summed E-state index contributed by atoms with van der Waals surface area (Å²) in [4.78, 5) is 10.7. The van der Waals surface area contributed by atoms with Crippen molar-refractivity contribution in [3.05, 3.63) is 46.5 Å². The van der Waals surface area contributed by atoms with E-state index >= 15 is 0 Å². The average molecular weight is 352 g/mol. The Morgan fingerprint density at radius 3 is 2.57 bits per heavy atom. The lowest BCUT2D eigenvalue weighted by Crippen LogP contribution is -2.05. The van der Waals surface area contributed by atoms with Crippen LogP contribution in [0.3, 0.4) is 0 Å². The summed E-state index contributed by atoms with van der Waals surface area (Å²) in [6.45, 7) is 2.81. The van der Waals surface area contributed by atoms with Gasteiger partial charge in [-0.15, -0.1) is 0 Å². The van der Waals surface area contributed by atoms with E-state index < -0.39 is 0 Å². The second kappa shape index (κ2) is 7.41. The Balaban J connectivity index is 2.18. The van der Waals surface area contributed by atoms with E-state index in [4.69, 9.17) is 4.74 Å². The quantitative estimate of drug-likeness (QED) is 0.403. The highest BCUT2D eigenvalue weighted by atomic mass is 79.9. The van der Waals surface area contributed by atoms with Gasteiger partial charge in [-0.2, -0.15) is 0 Å². The minimum Gasteiger partial charge on any atom is -0.493 e. The molecular weight excluding hydrogens is 334 g/mol. The molecule has 4 nitrogen and oxygen atoms in total. The first kappa shape index (κ1) is 15.8. The van der Waals surface area contributed by atoms with E-state index in [1.807, 2.05) is 12.1 Å². The van der Waals surface area contributed by atoms with E-state index in [0.717, 1.165) is 23.6 Å². The van der Waals surface area contributed by atoms with Gasteiger partial charge in [0.05, 0.1) is 16.9 Å². The van der Waals surface area contributed by atoms with Crippen LogP contribution >= 0.6 is 15.9 Å². The van der Waals surface area contributed by atoms with E-state index in [2.05, 4.69) is 22.9 Å². The fourth-order valence-corrected chi connectivity index (χ4v) is 3.02. The number of nitro benzene ring substituents is 1. The molecular formula is C16H18BrNO3. The van der Waals surface area contributed by atoms with Gasteiger partial charge in [0.1, 0.15) is 5.75 Å². The van der Waals surface area contributed by atoms with Crippen molar-refractivity contribution in [1.82, 2.24) is 0 Å². The second-order valence-electron chi connectivity index (χ2n) is 5.11. The first-order valence-corrected chi connectivity index (χ1v) is 8.10. The van der Waals surface area contributed by atoms with Gasteiger partial charge in [0.15, 0.2) is 0 Å². The van der Waals surface area contributed by atoms with Gasteiger partial charge in [-0.1, -0.05) is 41.1 Å². The third kappa shape index (κ3) is 3.94. The molecule has 0 fully saturated rings. The monoisotopic (exact) mass is 351 g/mol. The third-order valence-electron chi connectivity index (χ3n) is 3.53. The van der Waals surface area contributed by atoms with Crippen molar-refractivity contribution in [2.45, 2.75) is 19.8 Å². The molecule has 1 atom stereocenters. The van der Waals surface area contributed by atoms with Gasteiger partial charge >= 0.3 is 0 Å². The van der Waals surface area contributed by atoms with Crippen molar-refractivity contribution in [2.24, 2.45) is 5.92 Å². The molecule has 0 aliphatic rings. The van der Waals surface area contributed by atoms with E-state index in [9.17, 15) is 10.1 Å². The van der Waals surface area contributed by atoms with Crippen LogP contribution in [0.25, 0.3) is 10.8 Å². The summed E-state index contributed by atoms with van der Waals surface area (Å²) in [5.41, 5.74) is 0.116. The summed E-state index contributed by atoms with van der Waals surface area (Å²) in [5, 5.41) is 13.5. The molecule has 0 saturated carbocycles. The standard InChI is InChI=1S/C16H18BrNO3/c1-12(8-10-17)9-11-21-16-7-6-15(18(19)20)13-4-2-3-5-14(13)16/h2-7,12H,8-11H2,1H3. The highest BCUT2D eigenvalue weighted by molar-refractivity contribution is 9.09. The molecule has 2 aromatic rings. The Labute approximate surface area is 132 Å². The number of ether oxygens (including phenoxy) is 1. The Hall–Kier alpha value is -1.62. The van der Waals surface area contributed by atoms with E-state index in [1.54, 1.807) is 18.2 Å². The number of benzene rings is 2. The number of hydrogen-bond donors (Lipinski definition) is 0. The number of alkyl halides is 1. The van der Waals surface area contributed by atoms with E-state index in [-0.39, 0.29) is 10.6 Å². The normalized spacial score (nSPS) is 12.3. The molecule has 2 aromatic carbocycles. The molecule has 0 aromatic heterocycles. The predicted octanol–water partition coefficient (Wildman–Crippen LogP) is 4.94. The van der Waals surface area contributed by atoms with Crippen LogP contribution in [0.15, 0.2) is 36.4 Å². The molecule has 2 rings (SSSR count). The Bertz CT molecular complexity index is 630. The lowest BCUT2D eigenvalue weighted by atomic mass is 10.1.